The van der Waals surface area contributed by atoms with E-state index in [0.717, 1.165) is 18.4 Å². The maximum absolute atomic E-state index is 12.0. The lowest BCUT2D eigenvalue weighted by molar-refractivity contribution is -0.137. The predicted molar refractivity (Wildman–Crippen MR) is 93.0 cm³/mol. The third-order valence-corrected chi connectivity index (χ3v) is 4.28. The summed E-state index contributed by atoms with van der Waals surface area (Å²) in [4.78, 5) is 23.9. The van der Waals surface area contributed by atoms with Gasteiger partial charge in [0.25, 0.3) is 0 Å². The van der Waals surface area contributed by atoms with Gasteiger partial charge < -0.3 is 24.8 Å². The van der Waals surface area contributed by atoms with Crippen molar-refractivity contribution < 1.29 is 24.2 Å². The van der Waals surface area contributed by atoms with Gasteiger partial charge in [-0.1, -0.05) is 6.07 Å². The van der Waals surface area contributed by atoms with E-state index in [1.54, 1.807) is 14.2 Å². The van der Waals surface area contributed by atoms with Crippen molar-refractivity contribution in [1.82, 2.24) is 10.2 Å². The Morgan fingerprint density at radius 3 is 2.64 bits per heavy atom. The summed E-state index contributed by atoms with van der Waals surface area (Å²) >= 11 is 0. The van der Waals surface area contributed by atoms with Crippen LogP contribution in [0.25, 0.3) is 0 Å². The third-order valence-electron chi connectivity index (χ3n) is 4.28. The van der Waals surface area contributed by atoms with E-state index in [-0.39, 0.29) is 25.1 Å². The monoisotopic (exact) mass is 350 g/mol. The lowest BCUT2D eigenvalue weighted by Crippen LogP contribution is -2.37. The predicted octanol–water partition coefficient (Wildman–Crippen LogP) is 2.63. The number of carbonyl (C=O) groups is 2. The summed E-state index contributed by atoms with van der Waals surface area (Å²) in [5, 5.41) is 11.4. The fraction of sp³-hybridized carbons (Fsp3) is 0.556. The normalized spacial score (nSPS) is 14.2. The third kappa shape index (κ3) is 5.85. The van der Waals surface area contributed by atoms with Gasteiger partial charge in [0, 0.05) is 20.1 Å². The first-order valence-corrected chi connectivity index (χ1v) is 8.54. The maximum atomic E-state index is 12.0. The Morgan fingerprint density at radius 2 is 2.00 bits per heavy atom. The van der Waals surface area contributed by atoms with Crippen molar-refractivity contribution in [2.24, 2.45) is 0 Å². The van der Waals surface area contributed by atoms with Crippen molar-refractivity contribution in [2.45, 2.75) is 44.8 Å². The summed E-state index contributed by atoms with van der Waals surface area (Å²) in [5.74, 6) is 0.449. The zero-order valence-electron chi connectivity index (χ0n) is 14.8. The molecule has 2 amide bonds. The smallest absolute Gasteiger partial charge is 0.317 e. The van der Waals surface area contributed by atoms with Crippen molar-refractivity contribution in [3.63, 3.8) is 0 Å². The van der Waals surface area contributed by atoms with Crippen molar-refractivity contribution in [1.29, 1.82) is 0 Å². The molecule has 1 aromatic rings. The minimum atomic E-state index is -0.927. The van der Waals surface area contributed by atoms with Gasteiger partial charge in [0.1, 0.15) is 0 Å². The number of amides is 2. The van der Waals surface area contributed by atoms with E-state index < -0.39 is 5.97 Å². The number of methoxy groups -OCH3 is 1. The molecule has 0 spiro atoms. The van der Waals surface area contributed by atoms with Crippen molar-refractivity contribution >= 4 is 12.0 Å². The molecule has 0 heterocycles. The van der Waals surface area contributed by atoms with Gasteiger partial charge in [0.2, 0.25) is 0 Å². The van der Waals surface area contributed by atoms with Crippen molar-refractivity contribution in [2.75, 3.05) is 20.7 Å². The number of hydrogen-bond acceptors (Lipinski definition) is 4. The van der Waals surface area contributed by atoms with Crippen LogP contribution in [0, 0.1) is 0 Å². The Hall–Kier alpha value is -2.44. The minimum Gasteiger partial charge on any atom is -0.493 e. The molecule has 1 saturated carbocycles. The summed E-state index contributed by atoms with van der Waals surface area (Å²) in [7, 11) is 3.18. The van der Waals surface area contributed by atoms with Crippen LogP contribution in [0.5, 0.6) is 11.5 Å². The molecule has 0 saturated heterocycles. The molecule has 1 fully saturated rings. The van der Waals surface area contributed by atoms with E-state index in [9.17, 15) is 9.59 Å². The fourth-order valence-electron chi connectivity index (χ4n) is 2.79. The minimum absolute atomic E-state index is 0.0775. The van der Waals surface area contributed by atoms with E-state index in [0.29, 0.717) is 18.0 Å². The van der Waals surface area contributed by atoms with Gasteiger partial charge in [-0.25, -0.2) is 4.79 Å². The maximum Gasteiger partial charge on any atom is 0.317 e. The number of urea groups is 1. The lowest BCUT2D eigenvalue weighted by atomic mass is 10.2. The lowest BCUT2D eigenvalue weighted by Gasteiger charge is -2.19. The second-order valence-corrected chi connectivity index (χ2v) is 6.23. The quantitative estimate of drug-likeness (QED) is 0.752. The Kier molecular flexibility index (Phi) is 6.91. The molecule has 1 aliphatic carbocycles. The van der Waals surface area contributed by atoms with E-state index in [4.69, 9.17) is 14.6 Å². The number of benzene rings is 1. The molecule has 1 aliphatic rings. The van der Waals surface area contributed by atoms with Crippen molar-refractivity contribution in [3.8, 4) is 11.5 Å². The van der Waals surface area contributed by atoms with Gasteiger partial charge in [-0.05, 0) is 43.4 Å². The molecular weight excluding hydrogens is 324 g/mol. The van der Waals surface area contributed by atoms with Gasteiger partial charge in [-0.2, -0.15) is 0 Å². The van der Waals surface area contributed by atoms with Crippen LogP contribution < -0.4 is 14.8 Å². The van der Waals surface area contributed by atoms with Crippen LogP contribution in [0.15, 0.2) is 18.2 Å². The van der Waals surface area contributed by atoms with E-state index in [2.05, 4.69) is 5.32 Å². The summed E-state index contributed by atoms with van der Waals surface area (Å²) in [6.07, 6.45) is 4.63. The van der Waals surface area contributed by atoms with E-state index in [1.165, 1.54) is 17.7 Å². The first-order valence-electron chi connectivity index (χ1n) is 8.54. The summed E-state index contributed by atoms with van der Waals surface area (Å²) in [6, 6.07) is 5.28. The summed E-state index contributed by atoms with van der Waals surface area (Å²) in [5.41, 5.74) is 0.897. The molecule has 25 heavy (non-hydrogen) atoms. The standard InChI is InChI=1S/C18H26N2O5/c1-20(10-9-17(21)22)18(23)19-12-13-7-8-15(24-2)16(11-13)25-14-5-3-4-6-14/h7-8,11,14H,3-6,9-10,12H2,1-2H3,(H,19,23)(H,21,22). The van der Waals surface area contributed by atoms with Crippen LogP contribution in [0.2, 0.25) is 0 Å². The molecule has 138 valence electrons. The van der Waals surface area contributed by atoms with Crippen molar-refractivity contribution in [3.05, 3.63) is 23.8 Å². The number of carboxylic acids is 1. The Morgan fingerprint density at radius 1 is 1.28 bits per heavy atom. The number of nitrogens with zero attached hydrogens (tertiary/aromatic N) is 1. The first-order chi connectivity index (χ1) is 12.0. The number of aliphatic carboxylic acids is 1. The molecule has 0 radical (unpaired) electrons. The first kappa shape index (κ1) is 18.9. The molecular formula is C18H26N2O5. The fourth-order valence-corrected chi connectivity index (χ4v) is 2.79. The van der Waals surface area contributed by atoms with Crippen LogP contribution in [0.4, 0.5) is 4.79 Å². The molecule has 0 atom stereocenters. The number of carboxylic acid groups (broad SMARTS) is 1. The highest BCUT2D eigenvalue weighted by atomic mass is 16.5. The van der Waals surface area contributed by atoms with Crippen LogP contribution in [-0.4, -0.2) is 48.8 Å². The molecule has 2 N–H and O–H groups in total. The molecule has 7 heteroatoms. The SMILES string of the molecule is COc1ccc(CNC(=O)N(C)CCC(=O)O)cc1OC1CCCC1. The molecule has 7 nitrogen and oxygen atoms in total. The molecule has 1 aromatic carbocycles. The van der Waals surface area contributed by atoms with Crippen LogP contribution in [-0.2, 0) is 11.3 Å². The molecule has 0 unspecified atom stereocenters. The van der Waals surface area contributed by atoms with Gasteiger partial charge >= 0.3 is 12.0 Å². The van der Waals surface area contributed by atoms with E-state index in [1.807, 2.05) is 18.2 Å². The Balaban J connectivity index is 1.92. The second kappa shape index (κ2) is 9.15. The number of rotatable bonds is 8. The van der Waals surface area contributed by atoms with Gasteiger partial charge in [-0.15, -0.1) is 0 Å². The average Bonchev–Trinajstić information content (AvgIpc) is 3.10. The molecule has 2 rings (SSSR count). The van der Waals surface area contributed by atoms with Gasteiger partial charge in [0.15, 0.2) is 11.5 Å². The topological polar surface area (TPSA) is 88.1 Å². The largest absolute Gasteiger partial charge is 0.493 e. The number of ether oxygens (including phenoxy) is 2. The Bertz CT molecular complexity index is 599. The summed E-state index contributed by atoms with van der Waals surface area (Å²) in [6.45, 7) is 0.501. The Labute approximate surface area is 147 Å². The van der Waals surface area contributed by atoms with Gasteiger partial charge in [-0.3, -0.25) is 4.79 Å². The zero-order chi connectivity index (χ0) is 18.2. The molecule has 0 bridgehead atoms. The summed E-state index contributed by atoms with van der Waals surface area (Å²) < 4.78 is 11.4. The van der Waals surface area contributed by atoms with E-state index >= 15 is 0 Å². The van der Waals surface area contributed by atoms with Crippen LogP contribution >= 0.6 is 0 Å². The highest BCUT2D eigenvalue weighted by molar-refractivity contribution is 5.75. The van der Waals surface area contributed by atoms with Crippen LogP contribution in [0.1, 0.15) is 37.7 Å². The highest BCUT2D eigenvalue weighted by Crippen LogP contribution is 2.32. The number of carbonyl (C=O) groups excluding carboxylic acids is 1. The second-order valence-electron chi connectivity index (χ2n) is 6.23. The number of hydrogen-bond donors (Lipinski definition) is 2. The van der Waals surface area contributed by atoms with Gasteiger partial charge in [0.05, 0.1) is 19.6 Å². The molecule has 0 aromatic heterocycles. The zero-order valence-corrected chi connectivity index (χ0v) is 14.8. The number of nitrogens with one attached hydrogen (secondary N) is 1. The van der Waals surface area contributed by atoms with Crippen LogP contribution in [0.3, 0.4) is 0 Å². The highest BCUT2D eigenvalue weighted by Gasteiger charge is 2.19. The average molecular weight is 350 g/mol. The molecule has 0 aliphatic heterocycles.